The minimum absolute atomic E-state index is 0.104. The predicted molar refractivity (Wildman–Crippen MR) is 57.7 cm³/mol. The van der Waals surface area contributed by atoms with E-state index in [9.17, 15) is 9.59 Å². The van der Waals surface area contributed by atoms with Gasteiger partial charge in [0.25, 0.3) is 0 Å². The highest BCUT2D eigenvalue weighted by atomic mass is 16.4. The van der Waals surface area contributed by atoms with Gasteiger partial charge in [-0.15, -0.1) is 0 Å². The first-order valence-corrected chi connectivity index (χ1v) is 4.85. The van der Waals surface area contributed by atoms with Gasteiger partial charge in [0.05, 0.1) is 5.71 Å². The molecule has 1 aromatic heterocycles. The van der Waals surface area contributed by atoms with E-state index in [0.717, 1.165) is 0 Å². The number of carbonyl (C=O) groups is 2. The Labute approximate surface area is 92.6 Å². The van der Waals surface area contributed by atoms with E-state index in [1.54, 1.807) is 19.1 Å². The average Bonchev–Trinajstić information content (AvgIpc) is 2.29. The van der Waals surface area contributed by atoms with E-state index in [1.807, 2.05) is 0 Å². The zero-order valence-corrected chi connectivity index (χ0v) is 8.80. The Morgan fingerprint density at radius 3 is 2.62 bits per heavy atom. The predicted octanol–water partition coefficient (Wildman–Crippen LogP) is 1.39. The lowest BCUT2D eigenvalue weighted by Crippen LogP contribution is -2.29. The van der Waals surface area contributed by atoms with Gasteiger partial charge in [0.2, 0.25) is 5.78 Å². The number of Topliss-reactive ketones (excluding diaryl/α,β-unsaturated/α-hetero) is 1. The highest BCUT2D eigenvalue weighted by Gasteiger charge is 2.27. The van der Waals surface area contributed by atoms with Gasteiger partial charge >= 0.3 is 5.97 Å². The van der Waals surface area contributed by atoms with E-state index in [-0.39, 0.29) is 12.1 Å². The van der Waals surface area contributed by atoms with Gasteiger partial charge in [0, 0.05) is 6.20 Å². The number of carbonyl (C=O) groups excluding carboxylic acids is 1. The third-order valence-corrected chi connectivity index (χ3v) is 2.20. The summed E-state index contributed by atoms with van der Waals surface area (Å²) < 4.78 is 0. The Morgan fingerprint density at radius 2 is 2.19 bits per heavy atom. The molecule has 1 rings (SSSR count). The number of aromatic nitrogens is 1. The van der Waals surface area contributed by atoms with Gasteiger partial charge in [-0.1, -0.05) is 13.0 Å². The van der Waals surface area contributed by atoms with Crippen LogP contribution in [0.1, 0.15) is 23.8 Å². The zero-order valence-electron chi connectivity index (χ0n) is 8.80. The molecule has 0 saturated carbocycles. The van der Waals surface area contributed by atoms with Crippen LogP contribution in [-0.2, 0) is 4.79 Å². The topological polar surface area (TPSA) is 91.1 Å². The van der Waals surface area contributed by atoms with E-state index in [0.29, 0.717) is 0 Å². The Morgan fingerprint density at radius 1 is 1.50 bits per heavy atom. The summed E-state index contributed by atoms with van der Waals surface area (Å²) in [7, 11) is 0. The third kappa shape index (κ3) is 2.50. The summed E-state index contributed by atoms with van der Waals surface area (Å²) in [6.07, 6.45) is 1.65. The van der Waals surface area contributed by atoms with Crippen LogP contribution in [0.25, 0.3) is 0 Å². The highest BCUT2D eigenvalue weighted by molar-refractivity contribution is 6.47. The molecule has 1 aromatic rings. The molecule has 5 nitrogen and oxygen atoms in total. The van der Waals surface area contributed by atoms with Crippen molar-refractivity contribution < 1.29 is 14.7 Å². The summed E-state index contributed by atoms with van der Waals surface area (Å²) in [5.74, 6) is -2.85. The number of pyridine rings is 1. The van der Waals surface area contributed by atoms with Gasteiger partial charge < -0.3 is 10.5 Å². The summed E-state index contributed by atoms with van der Waals surface area (Å²) in [5.41, 5.74) is -0.319. The van der Waals surface area contributed by atoms with Crippen molar-refractivity contribution in [1.82, 2.24) is 4.98 Å². The molecule has 1 heterocycles. The van der Waals surface area contributed by atoms with E-state index in [2.05, 4.69) is 4.98 Å². The van der Waals surface area contributed by atoms with Gasteiger partial charge in [-0.2, -0.15) is 0 Å². The number of carboxylic acid groups (broad SMARTS) is 1. The SMILES string of the molecule is CCC(C(=N)C(=O)c1ccccn1)C(=O)O. The van der Waals surface area contributed by atoms with Crippen molar-refractivity contribution >= 4 is 17.5 Å². The molecule has 0 spiro atoms. The lowest BCUT2D eigenvalue weighted by atomic mass is 9.96. The molecule has 1 atom stereocenters. The molecule has 0 fully saturated rings. The molecule has 0 amide bonds. The Bertz CT molecular complexity index is 414. The van der Waals surface area contributed by atoms with Gasteiger partial charge in [-0.05, 0) is 18.6 Å². The maximum Gasteiger partial charge on any atom is 0.312 e. The molecule has 84 valence electrons. The van der Waals surface area contributed by atoms with Crippen LogP contribution in [0.4, 0.5) is 0 Å². The van der Waals surface area contributed by atoms with Gasteiger partial charge in [0.15, 0.2) is 0 Å². The molecule has 0 aliphatic carbocycles. The number of hydrogen-bond acceptors (Lipinski definition) is 4. The molecule has 2 N–H and O–H groups in total. The zero-order chi connectivity index (χ0) is 12.1. The largest absolute Gasteiger partial charge is 0.481 e. The smallest absolute Gasteiger partial charge is 0.312 e. The standard InChI is InChI=1S/C11H12N2O3/c1-2-7(11(15)16)9(12)10(14)8-5-3-4-6-13-8/h3-7,12H,2H2,1H3,(H,15,16). The lowest BCUT2D eigenvalue weighted by molar-refractivity contribution is -0.139. The molecular weight excluding hydrogens is 208 g/mol. The first kappa shape index (κ1) is 12.0. The fourth-order valence-electron chi connectivity index (χ4n) is 1.30. The van der Waals surface area contributed by atoms with Crippen molar-refractivity contribution in [1.29, 1.82) is 5.41 Å². The molecule has 0 aromatic carbocycles. The maximum absolute atomic E-state index is 11.7. The van der Waals surface area contributed by atoms with E-state index >= 15 is 0 Å². The van der Waals surface area contributed by atoms with Crippen LogP contribution in [0, 0.1) is 11.3 Å². The molecule has 0 radical (unpaired) electrons. The number of carboxylic acids is 1. The van der Waals surface area contributed by atoms with Crippen LogP contribution < -0.4 is 0 Å². The average molecular weight is 220 g/mol. The second kappa shape index (κ2) is 5.16. The Balaban J connectivity index is 2.90. The van der Waals surface area contributed by atoms with Crippen LogP contribution >= 0.6 is 0 Å². The van der Waals surface area contributed by atoms with Crippen molar-refractivity contribution in [2.75, 3.05) is 0 Å². The van der Waals surface area contributed by atoms with E-state index in [4.69, 9.17) is 10.5 Å². The van der Waals surface area contributed by atoms with Crippen LogP contribution in [0.3, 0.4) is 0 Å². The van der Waals surface area contributed by atoms with E-state index in [1.165, 1.54) is 12.3 Å². The number of nitrogens with one attached hydrogen (secondary N) is 1. The van der Waals surface area contributed by atoms with Gasteiger partial charge in [-0.3, -0.25) is 14.6 Å². The van der Waals surface area contributed by atoms with Crippen molar-refractivity contribution in [3.63, 3.8) is 0 Å². The van der Waals surface area contributed by atoms with Crippen molar-refractivity contribution in [3.05, 3.63) is 30.1 Å². The molecule has 16 heavy (non-hydrogen) atoms. The normalized spacial score (nSPS) is 11.8. The number of rotatable bonds is 5. The molecule has 0 aliphatic heterocycles. The van der Waals surface area contributed by atoms with Gasteiger partial charge in [0.1, 0.15) is 11.6 Å². The third-order valence-electron chi connectivity index (χ3n) is 2.20. The first-order chi connectivity index (χ1) is 7.57. The number of hydrogen-bond donors (Lipinski definition) is 2. The number of aliphatic carboxylic acids is 1. The molecule has 0 saturated heterocycles. The molecule has 5 heteroatoms. The summed E-state index contributed by atoms with van der Waals surface area (Å²) in [6.45, 7) is 1.62. The second-order valence-corrected chi connectivity index (χ2v) is 3.26. The first-order valence-electron chi connectivity index (χ1n) is 4.85. The Hall–Kier alpha value is -2.04. The molecule has 1 unspecified atom stereocenters. The van der Waals surface area contributed by atoms with Crippen LogP contribution in [0.15, 0.2) is 24.4 Å². The van der Waals surface area contributed by atoms with Crippen molar-refractivity contribution in [2.24, 2.45) is 5.92 Å². The van der Waals surface area contributed by atoms with Crippen molar-refractivity contribution in [3.8, 4) is 0 Å². The van der Waals surface area contributed by atoms with Crippen LogP contribution in [0.5, 0.6) is 0 Å². The fourth-order valence-corrected chi connectivity index (χ4v) is 1.30. The maximum atomic E-state index is 11.7. The minimum Gasteiger partial charge on any atom is -0.481 e. The fraction of sp³-hybridized carbons (Fsp3) is 0.273. The number of ketones is 1. The summed E-state index contributed by atoms with van der Waals surface area (Å²) >= 11 is 0. The number of nitrogens with zero attached hydrogens (tertiary/aromatic N) is 1. The van der Waals surface area contributed by atoms with Gasteiger partial charge in [-0.25, -0.2) is 0 Å². The van der Waals surface area contributed by atoms with Crippen molar-refractivity contribution in [2.45, 2.75) is 13.3 Å². The second-order valence-electron chi connectivity index (χ2n) is 3.26. The van der Waals surface area contributed by atoms with E-state index < -0.39 is 23.4 Å². The molecule has 0 aliphatic rings. The summed E-state index contributed by atoms with van der Waals surface area (Å²) in [4.78, 5) is 26.3. The van der Waals surface area contributed by atoms with Crippen LogP contribution in [-0.4, -0.2) is 27.6 Å². The highest BCUT2D eigenvalue weighted by Crippen LogP contribution is 2.09. The minimum atomic E-state index is -1.16. The monoisotopic (exact) mass is 220 g/mol. The van der Waals surface area contributed by atoms with Crippen LogP contribution in [0.2, 0.25) is 0 Å². The summed E-state index contributed by atoms with van der Waals surface area (Å²) in [5, 5.41) is 16.4. The molecular formula is C11H12N2O3. The lowest BCUT2D eigenvalue weighted by Gasteiger charge is -2.09. The Kier molecular flexibility index (Phi) is 3.88. The quantitative estimate of drug-likeness (QED) is 0.579. The molecule has 0 bridgehead atoms. The summed E-state index contributed by atoms with van der Waals surface area (Å²) in [6, 6.07) is 4.73.